The number of imide groups is 1. The van der Waals surface area contributed by atoms with Gasteiger partial charge in [0.25, 0.3) is 11.1 Å². The summed E-state index contributed by atoms with van der Waals surface area (Å²) in [7, 11) is 0. The largest absolute Gasteiger partial charge is 0.489 e. The summed E-state index contributed by atoms with van der Waals surface area (Å²) in [5, 5.41) is -0.438. The van der Waals surface area contributed by atoms with Gasteiger partial charge in [-0.15, -0.1) is 0 Å². The maximum absolute atomic E-state index is 12.9. The Morgan fingerprint density at radius 2 is 1.84 bits per heavy atom. The number of ether oxygens (including phenoxy) is 1. The highest BCUT2D eigenvalue weighted by atomic mass is 32.2. The van der Waals surface area contributed by atoms with Crippen LogP contribution in [0.15, 0.2) is 66.1 Å². The molecule has 158 valence electrons. The van der Waals surface area contributed by atoms with Gasteiger partial charge in [0.1, 0.15) is 18.9 Å². The second kappa shape index (κ2) is 9.22. The molecule has 3 amide bonds. The first kappa shape index (κ1) is 20.9. The van der Waals surface area contributed by atoms with Crippen molar-refractivity contribution in [3.63, 3.8) is 0 Å². The van der Waals surface area contributed by atoms with Crippen LogP contribution in [0.4, 0.5) is 4.79 Å². The van der Waals surface area contributed by atoms with Crippen LogP contribution in [0.3, 0.4) is 0 Å². The van der Waals surface area contributed by atoms with E-state index in [0.717, 1.165) is 28.6 Å². The summed E-state index contributed by atoms with van der Waals surface area (Å²) in [5.74, 6) is -0.0932. The Morgan fingerprint density at radius 3 is 2.65 bits per heavy atom. The zero-order valence-corrected chi connectivity index (χ0v) is 17.8. The van der Waals surface area contributed by atoms with E-state index in [2.05, 4.69) is 12.6 Å². The summed E-state index contributed by atoms with van der Waals surface area (Å²) in [6.07, 6.45) is 4.03. The van der Waals surface area contributed by atoms with Gasteiger partial charge in [-0.05, 0) is 41.5 Å². The van der Waals surface area contributed by atoms with Crippen molar-refractivity contribution in [2.24, 2.45) is 0 Å². The molecule has 0 saturated carbocycles. The molecule has 0 unspecified atom stereocenters. The zero-order valence-electron chi connectivity index (χ0n) is 17.0. The number of hydrogen-bond acceptors (Lipinski definition) is 5. The maximum atomic E-state index is 12.9. The first-order valence-electron chi connectivity index (χ1n) is 9.99. The Morgan fingerprint density at radius 1 is 1.10 bits per heavy atom. The van der Waals surface area contributed by atoms with Crippen LogP contribution in [0.2, 0.25) is 0 Å². The smallest absolute Gasteiger partial charge is 0.294 e. The van der Waals surface area contributed by atoms with Crippen LogP contribution >= 0.6 is 11.8 Å². The number of thioether (sulfide) groups is 1. The number of benzene rings is 2. The molecule has 0 radical (unpaired) electrons. The number of fused-ring (bicyclic) bond motifs is 1. The lowest BCUT2D eigenvalue weighted by Gasteiger charge is -2.29. The lowest BCUT2D eigenvalue weighted by Crippen LogP contribution is -2.44. The fourth-order valence-electron chi connectivity index (χ4n) is 3.60. The fraction of sp³-hybridized carbons (Fsp3) is 0.208. The number of amides is 3. The molecule has 0 bridgehead atoms. The van der Waals surface area contributed by atoms with Crippen LogP contribution in [0.25, 0.3) is 6.08 Å². The molecular weight excluding hydrogens is 412 g/mol. The van der Waals surface area contributed by atoms with E-state index in [0.29, 0.717) is 31.0 Å². The van der Waals surface area contributed by atoms with Crippen molar-refractivity contribution in [2.45, 2.75) is 13.0 Å². The van der Waals surface area contributed by atoms with Crippen molar-refractivity contribution in [2.75, 3.05) is 19.7 Å². The minimum atomic E-state index is -0.459. The predicted octanol–water partition coefficient (Wildman–Crippen LogP) is 3.87. The molecule has 0 atom stereocenters. The molecule has 2 aromatic carbocycles. The molecule has 2 aliphatic rings. The molecule has 1 fully saturated rings. The van der Waals surface area contributed by atoms with Gasteiger partial charge in [-0.1, -0.05) is 55.1 Å². The highest BCUT2D eigenvalue weighted by Crippen LogP contribution is 2.34. The van der Waals surface area contributed by atoms with Gasteiger partial charge in [-0.25, -0.2) is 0 Å². The van der Waals surface area contributed by atoms with Gasteiger partial charge in [0.15, 0.2) is 0 Å². The number of carbonyl (C=O) groups excluding carboxylic acids is 3. The monoisotopic (exact) mass is 434 g/mol. The van der Waals surface area contributed by atoms with Gasteiger partial charge in [-0.2, -0.15) is 0 Å². The third-order valence-electron chi connectivity index (χ3n) is 5.21. The molecule has 0 aromatic heterocycles. The van der Waals surface area contributed by atoms with E-state index < -0.39 is 11.1 Å². The number of carbonyl (C=O) groups is 3. The second-order valence-corrected chi connectivity index (χ2v) is 8.23. The first-order valence-corrected chi connectivity index (χ1v) is 10.8. The fourth-order valence-corrected chi connectivity index (χ4v) is 4.43. The average molecular weight is 435 g/mol. The van der Waals surface area contributed by atoms with Crippen molar-refractivity contribution < 1.29 is 19.1 Å². The van der Waals surface area contributed by atoms with E-state index in [9.17, 15) is 14.4 Å². The van der Waals surface area contributed by atoms with E-state index in [1.807, 2.05) is 36.4 Å². The normalized spacial score (nSPS) is 17.1. The van der Waals surface area contributed by atoms with Crippen LogP contribution in [0, 0.1) is 0 Å². The summed E-state index contributed by atoms with van der Waals surface area (Å²) in [5.41, 5.74) is 3.03. The molecule has 6 nitrogen and oxygen atoms in total. The van der Waals surface area contributed by atoms with Crippen LogP contribution in [0.1, 0.15) is 16.7 Å². The third kappa shape index (κ3) is 4.56. The van der Waals surface area contributed by atoms with E-state index in [-0.39, 0.29) is 17.4 Å². The van der Waals surface area contributed by atoms with Crippen LogP contribution < -0.4 is 4.74 Å². The van der Waals surface area contributed by atoms with E-state index in [4.69, 9.17) is 4.74 Å². The number of rotatable bonds is 6. The quantitative estimate of drug-likeness (QED) is 0.510. The van der Waals surface area contributed by atoms with Gasteiger partial charge in [-0.3, -0.25) is 19.3 Å². The molecule has 31 heavy (non-hydrogen) atoms. The Balaban J connectivity index is 1.46. The molecule has 0 spiro atoms. The topological polar surface area (TPSA) is 66.9 Å². The summed E-state index contributed by atoms with van der Waals surface area (Å²) in [6.45, 7) is 4.79. The minimum Gasteiger partial charge on any atom is -0.489 e. The molecule has 2 aliphatic heterocycles. The lowest BCUT2D eigenvalue weighted by molar-refractivity contribution is -0.136. The Bertz CT molecular complexity index is 1080. The number of hydrogen-bond donors (Lipinski definition) is 0. The summed E-state index contributed by atoms with van der Waals surface area (Å²) >= 11 is 0.838. The van der Waals surface area contributed by atoms with Gasteiger partial charge >= 0.3 is 0 Å². The average Bonchev–Trinajstić information content (AvgIpc) is 3.05. The van der Waals surface area contributed by atoms with E-state index in [1.54, 1.807) is 23.1 Å². The second-order valence-electron chi connectivity index (χ2n) is 7.24. The van der Waals surface area contributed by atoms with Gasteiger partial charge in [0.05, 0.1) is 4.91 Å². The van der Waals surface area contributed by atoms with Crippen molar-refractivity contribution in [1.82, 2.24) is 9.80 Å². The van der Waals surface area contributed by atoms with Crippen LogP contribution in [-0.2, 0) is 22.6 Å². The van der Waals surface area contributed by atoms with Crippen LogP contribution in [-0.4, -0.2) is 46.5 Å². The number of para-hydroxylation sites is 1. The molecule has 7 heteroatoms. The molecule has 1 saturated heterocycles. The summed E-state index contributed by atoms with van der Waals surface area (Å²) < 4.78 is 5.62. The zero-order chi connectivity index (χ0) is 21.8. The predicted molar refractivity (Wildman–Crippen MR) is 120 cm³/mol. The lowest BCUT2D eigenvalue weighted by atomic mass is 10.00. The highest BCUT2D eigenvalue weighted by Gasteiger charge is 2.37. The Hall–Kier alpha value is -3.32. The summed E-state index contributed by atoms with van der Waals surface area (Å²) in [4.78, 5) is 41.1. The van der Waals surface area contributed by atoms with Gasteiger partial charge < -0.3 is 9.64 Å². The van der Waals surface area contributed by atoms with Crippen molar-refractivity contribution in [3.8, 4) is 5.75 Å². The highest BCUT2D eigenvalue weighted by molar-refractivity contribution is 8.18. The molecular formula is C24H22N2O4S. The van der Waals surface area contributed by atoms with Crippen LogP contribution in [0.5, 0.6) is 5.75 Å². The molecule has 0 N–H and O–H groups in total. The minimum absolute atomic E-state index is 0.229. The summed E-state index contributed by atoms with van der Waals surface area (Å²) in [6, 6.07) is 15.3. The molecule has 2 heterocycles. The molecule has 4 rings (SSSR count). The van der Waals surface area contributed by atoms with Gasteiger partial charge in [0, 0.05) is 18.7 Å². The van der Waals surface area contributed by atoms with Gasteiger partial charge in [0.2, 0.25) is 5.91 Å². The SMILES string of the molecule is C=CCOc1ccccc1/C=C1\SC(=O)N(CC(=O)N2CCc3ccccc3C2)C1=O. The third-order valence-corrected chi connectivity index (χ3v) is 6.12. The van der Waals surface area contributed by atoms with E-state index in [1.165, 1.54) is 5.56 Å². The van der Waals surface area contributed by atoms with Crippen molar-refractivity contribution in [1.29, 1.82) is 0 Å². The maximum Gasteiger partial charge on any atom is 0.294 e. The Labute approximate surface area is 185 Å². The number of nitrogens with zero attached hydrogens (tertiary/aromatic N) is 2. The first-order chi connectivity index (χ1) is 15.1. The Kier molecular flexibility index (Phi) is 6.23. The van der Waals surface area contributed by atoms with Crippen molar-refractivity contribution >= 4 is 34.9 Å². The molecule has 2 aromatic rings. The van der Waals surface area contributed by atoms with E-state index >= 15 is 0 Å². The molecule has 0 aliphatic carbocycles. The standard InChI is InChI=1S/C24H22N2O4S/c1-2-13-30-20-10-6-5-8-18(20)14-21-23(28)26(24(29)31-21)16-22(27)25-12-11-17-7-3-4-9-19(17)15-25/h2-10,14H,1,11-13,15-16H2/b21-14-. The van der Waals surface area contributed by atoms with Crippen molar-refractivity contribution in [3.05, 3.63) is 82.8 Å².